The van der Waals surface area contributed by atoms with Crippen molar-refractivity contribution in [3.05, 3.63) is 0 Å². The summed E-state index contributed by atoms with van der Waals surface area (Å²) in [7, 11) is 0. The molecule has 0 spiro atoms. The first-order chi connectivity index (χ1) is 5.98. The topological polar surface area (TPSA) is 20.2 Å². The van der Waals surface area contributed by atoms with E-state index in [4.69, 9.17) is 5.11 Å². The average Bonchev–Trinajstić information content (AvgIpc) is 1.97. The van der Waals surface area contributed by atoms with Gasteiger partial charge in [0.2, 0.25) is 0 Å². The quantitative estimate of drug-likeness (QED) is 0.715. The van der Waals surface area contributed by atoms with E-state index in [2.05, 4.69) is 0 Å². The van der Waals surface area contributed by atoms with Crippen LogP contribution < -0.4 is 0 Å². The van der Waals surface area contributed by atoms with Gasteiger partial charge >= 0.3 is 12.4 Å². The summed E-state index contributed by atoms with van der Waals surface area (Å²) in [6, 6.07) is 0. The lowest BCUT2D eigenvalue weighted by Gasteiger charge is -2.36. The first kappa shape index (κ1) is 13.5. The normalized spacial score (nSPS) is 16.9. The smallest absolute Gasteiger partial charge is 0.373 e. The van der Waals surface area contributed by atoms with Crippen molar-refractivity contribution in [1.82, 2.24) is 0 Å². The molecule has 0 fully saturated rings. The van der Waals surface area contributed by atoms with Gasteiger partial charge in [0.25, 0.3) is 5.60 Å². The summed E-state index contributed by atoms with van der Waals surface area (Å²) in [6.45, 7) is 1.86. The zero-order chi connectivity index (χ0) is 11.8. The molecule has 0 unspecified atom stereocenters. The van der Waals surface area contributed by atoms with Gasteiger partial charge in [0, 0.05) is 5.92 Å². The Bertz CT molecular complexity index is 179. The summed E-state index contributed by atoms with van der Waals surface area (Å²) in [5, 5.41) is 8.70. The highest BCUT2D eigenvalue weighted by Crippen LogP contribution is 2.48. The number of alkyl halides is 6. The predicted molar refractivity (Wildman–Crippen MR) is 36.5 cm³/mol. The van der Waals surface area contributed by atoms with E-state index in [1.165, 1.54) is 0 Å². The second-order valence-electron chi connectivity index (χ2n) is 3.07. The molecule has 0 rings (SSSR count). The fourth-order valence-electron chi connectivity index (χ4n) is 1.01. The van der Waals surface area contributed by atoms with Gasteiger partial charge < -0.3 is 5.11 Å². The van der Waals surface area contributed by atoms with Gasteiger partial charge in [0.15, 0.2) is 0 Å². The lowest BCUT2D eigenvalue weighted by Crippen LogP contribution is -2.60. The second-order valence-corrected chi connectivity index (χ2v) is 3.07. The Kier molecular flexibility index (Phi) is 3.48. The van der Waals surface area contributed by atoms with Crippen LogP contribution >= 0.6 is 0 Å². The van der Waals surface area contributed by atoms with Crippen molar-refractivity contribution in [2.24, 2.45) is 5.92 Å². The van der Waals surface area contributed by atoms with E-state index >= 15 is 0 Å². The van der Waals surface area contributed by atoms with E-state index in [1.54, 1.807) is 0 Å². The summed E-state index contributed by atoms with van der Waals surface area (Å²) in [5.41, 5.74) is -4.62. The molecule has 0 aromatic heterocycles. The Morgan fingerprint density at radius 3 is 1.36 bits per heavy atom. The van der Waals surface area contributed by atoms with Crippen LogP contribution in [-0.4, -0.2) is 23.1 Å². The first-order valence-corrected chi connectivity index (χ1v) is 3.84. The van der Waals surface area contributed by atoms with Crippen molar-refractivity contribution in [3.8, 4) is 0 Å². The molecule has 0 amide bonds. The molecule has 0 aliphatic heterocycles. The largest absolute Gasteiger partial charge is 0.426 e. The lowest BCUT2D eigenvalue weighted by molar-refractivity contribution is -0.383. The highest BCUT2D eigenvalue weighted by atomic mass is 19.4. The van der Waals surface area contributed by atoms with Crippen LogP contribution in [0, 0.1) is 5.92 Å². The van der Waals surface area contributed by atoms with Gasteiger partial charge in [0.05, 0.1) is 0 Å². The molecule has 0 aliphatic rings. The predicted octanol–water partition coefficient (Wildman–Crippen LogP) is 2.89. The van der Waals surface area contributed by atoms with Gasteiger partial charge in [-0.25, -0.2) is 0 Å². The molecule has 1 nitrogen and oxygen atoms in total. The summed E-state index contributed by atoms with van der Waals surface area (Å²) in [5.74, 6) is -1.93. The molecular formula is C7H10F6O. The highest BCUT2D eigenvalue weighted by Gasteiger charge is 2.72. The molecular weight excluding hydrogens is 214 g/mol. The maximum Gasteiger partial charge on any atom is 0.426 e. The van der Waals surface area contributed by atoms with Gasteiger partial charge in [-0.15, -0.1) is 0 Å². The molecule has 1 atom stereocenters. The van der Waals surface area contributed by atoms with Crippen molar-refractivity contribution in [1.29, 1.82) is 0 Å². The molecule has 0 aliphatic carbocycles. The van der Waals surface area contributed by atoms with E-state index in [0.29, 0.717) is 6.92 Å². The molecule has 14 heavy (non-hydrogen) atoms. The Morgan fingerprint density at radius 1 is 1.00 bits per heavy atom. The van der Waals surface area contributed by atoms with Gasteiger partial charge in [-0.3, -0.25) is 0 Å². The third-order valence-electron chi connectivity index (χ3n) is 2.19. The summed E-state index contributed by atoms with van der Waals surface area (Å²) < 4.78 is 72.4. The Hall–Kier alpha value is -0.460. The molecule has 0 aromatic rings. The Morgan fingerprint density at radius 2 is 1.29 bits per heavy atom. The molecule has 0 heterocycles. The van der Waals surface area contributed by atoms with Crippen molar-refractivity contribution in [2.75, 3.05) is 0 Å². The average molecular weight is 224 g/mol. The number of hydrogen-bond acceptors (Lipinski definition) is 1. The highest BCUT2D eigenvalue weighted by molar-refractivity contribution is 4.97. The van der Waals surface area contributed by atoms with Crippen LogP contribution in [0.1, 0.15) is 20.3 Å². The zero-order valence-electron chi connectivity index (χ0n) is 7.50. The van der Waals surface area contributed by atoms with Crippen LogP contribution in [0.4, 0.5) is 26.3 Å². The van der Waals surface area contributed by atoms with E-state index < -0.39 is 30.3 Å². The summed E-state index contributed by atoms with van der Waals surface area (Å²) >= 11 is 0. The first-order valence-electron chi connectivity index (χ1n) is 3.84. The van der Waals surface area contributed by atoms with Gasteiger partial charge in [-0.05, 0) is 0 Å². The van der Waals surface area contributed by atoms with Crippen LogP contribution in [0.25, 0.3) is 0 Å². The van der Waals surface area contributed by atoms with Crippen LogP contribution in [0.15, 0.2) is 0 Å². The van der Waals surface area contributed by atoms with Crippen LogP contribution in [-0.2, 0) is 0 Å². The third kappa shape index (κ3) is 1.97. The van der Waals surface area contributed by atoms with E-state index in [-0.39, 0.29) is 0 Å². The van der Waals surface area contributed by atoms with Crippen LogP contribution in [0.2, 0.25) is 0 Å². The molecule has 0 bridgehead atoms. The number of aliphatic hydroxyl groups is 1. The maximum absolute atomic E-state index is 12.1. The van der Waals surface area contributed by atoms with E-state index in [0.717, 1.165) is 6.92 Å². The van der Waals surface area contributed by atoms with Gasteiger partial charge in [-0.2, -0.15) is 26.3 Å². The minimum absolute atomic E-state index is 0.421. The fourth-order valence-corrected chi connectivity index (χ4v) is 1.01. The summed E-state index contributed by atoms with van der Waals surface area (Å²) in [6.07, 6.45) is -11.8. The SMILES string of the molecule is CC[C@H](C)C(O)(C(F)(F)F)C(F)(F)F. The standard InChI is InChI=1S/C7H10F6O/c1-3-4(2)5(14,6(8,9)10)7(11,12)13/h4,14H,3H2,1-2H3/t4-/m0/s1. The minimum Gasteiger partial charge on any atom is -0.373 e. The van der Waals surface area contributed by atoms with E-state index in [9.17, 15) is 26.3 Å². The maximum atomic E-state index is 12.1. The molecule has 1 N–H and O–H groups in total. The molecule has 0 saturated carbocycles. The fraction of sp³-hybridized carbons (Fsp3) is 1.00. The molecule has 0 saturated heterocycles. The number of halogens is 6. The molecule has 0 aromatic carbocycles. The molecule has 86 valence electrons. The minimum atomic E-state index is -5.71. The Labute approximate surface area is 76.7 Å². The monoisotopic (exact) mass is 224 g/mol. The van der Waals surface area contributed by atoms with Crippen molar-refractivity contribution in [2.45, 2.75) is 38.2 Å². The van der Waals surface area contributed by atoms with Gasteiger partial charge in [-0.1, -0.05) is 20.3 Å². The second kappa shape index (κ2) is 3.60. The van der Waals surface area contributed by atoms with Crippen molar-refractivity contribution < 1.29 is 31.4 Å². The molecule has 7 heteroatoms. The van der Waals surface area contributed by atoms with Crippen molar-refractivity contribution in [3.63, 3.8) is 0 Å². The zero-order valence-corrected chi connectivity index (χ0v) is 7.50. The van der Waals surface area contributed by atoms with Crippen LogP contribution in [0.3, 0.4) is 0 Å². The lowest BCUT2D eigenvalue weighted by atomic mass is 9.85. The third-order valence-corrected chi connectivity index (χ3v) is 2.19. The van der Waals surface area contributed by atoms with E-state index in [1.807, 2.05) is 0 Å². The van der Waals surface area contributed by atoms with Gasteiger partial charge in [0.1, 0.15) is 0 Å². The number of hydrogen-bond donors (Lipinski definition) is 1. The number of rotatable bonds is 2. The Balaban J connectivity index is 5.29. The molecule has 0 radical (unpaired) electrons. The van der Waals surface area contributed by atoms with Crippen LogP contribution in [0.5, 0.6) is 0 Å². The summed E-state index contributed by atoms with van der Waals surface area (Å²) in [4.78, 5) is 0. The van der Waals surface area contributed by atoms with Crippen molar-refractivity contribution >= 4 is 0 Å².